The molecule has 0 saturated carbocycles. The quantitative estimate of drug-likeness (QED) is 0.837. The van der Waals surface area contributed by atoms with Crippen molar-refractivity contribution < 1.29 is 14.0 Å². The molecule has 2 aromatic rings. The second-order valence-electron chi connectivity index (χ2n) is 5.45. The molecule has 0 unspecified atom stereocenters. The summed E-state index contributed by atoms with van der Waals surface area (Å²) in [6.07, 6.45) is 2.66. The first-order valence-electron chi connectivity index (χ1n) is 7.68. The molecule has 3 rings (SSSR count). The van der Waals surface area contributed by atoms with E-state index in [1.54, 1.807) is 23.6 Å². The van der Waals surface area contributed by atoms with Crippen molar-refractivity contribution in [2.45, 2.75) is 30.6 Å². The van der Waals surface area contributed by atoms with E-state index in [0.29, 0.717) is 25.3 Å². The van der Waals surface area contributed by atoms with Crippen LogP contribution < -0.4 is 10.2 Å². The Hall–Kier alpha value is -2.35. The number of nitrogens with zero attached hydrogens (tertiary/aromatic N) is 3. The molecule has 2 amide bonds. The van der Waals surface area contributed by atoms with Crippen molar-refractivity contribution in [2.24, 2.45) is 0 Å². The van der Waals surface area contributed by atoms with Crippen LogP contribution >= 0.6 is 11.8 Å². The van der Waals surface area contributed by atoms with Crippen LogP contribution in [0.15, 0.2) is 33.6 Å². The summed E-state index contributed by atoms with van der Waals surface area (Å²) < 4.78 is 5.47. The van der Waals surface area contributed by atoms with Gasteiger partial charge in [-0.3, -0.25) is 14.9 Å². The van der Waals surface area contributed by atoms with Crippen LogP contribution in [0.5, 0.6) is 0 Å². The summed E-state index contributed by atoms with van der Waals surface area (Å²) in [4.78, 5) is 26.5. The third-order valence-corrected chi connectivity index (χ3v) is 4.61. The van der Waals surface area contributed by atoms with Gasteiger partial charge in [-0.25, -0.2) is 0 Å². The van der Waals surface area contributed by atoms with Gasteiger partial charge in [0.25, 0.3) is 0 Å². The highest BCUT2D eigenvalue weighted by Crippen LogP contribution is 2.32. The third-order valence-electron chi connectivity index (χ3n) is 3.87. The maximum Gasteiger partial charge on any atom is 0.322 e. The summed E-state index contributed by atoms with van der Waals surface area (Å²) in [5.74, 6) is 0.0351. The Morgan fingerprint density at radius 2 is 2.12 bits per heavy atom. The number of hydrogen-bond donors (Lipinski definition) is 1. The van der Waals surface area contributed by atoms with Crippen LogP contribution in [0.1, 0.15) is 31.6 Å². The second kappa shape index (κ2) is 7.04. The van der Waals surface area contributed by atoms with Crippen LogP contribution in [-0.4, -0.2) is 34.8 Å². The lowest BCUT2D eigenvalue weighted by molar-refractivity contribution is -0.117. The molecule has 0 radical (unpaired) electrons. The first-order chi connectivity index (χ1) is 11.6. The molecule has 126 valence electrons. The van der Waals surface area contributed by atoms with Crippen LogP contribution in [0.25, 0.3) is 0 Å². The molecule has 1 aliphatic heterocycles. The minimum atomic E-state index is -0.191. The Labute approximate surface area is 143 Å². The molecule has 0 bridgehead atoms. The predicted octanol–water partition coefficient (Wildman–Crippen LogP) is 2.66. The zero-order valence-electron chi connectivity index (χ0n) is 13.5. The van der Waals surface area contributed by atoms with Gasteiger partial charge >= 0.3 is 6.01 Å². The standard InChI is InChI=1S/C16H18N4O3S/c1-3-13(21)17-16-19-18-15(23-16)10-8-14(22)20(9-10)11-4-6-12(24-2)7-5-11/h4-7,10H,3,8-9H2,1-2H3,(H,17,19,21)/t10-/m0/s1. The highest BCUT2D eigenvalue weighted by molar-refractivity contribution is 7.98. The normalized spacial score (nSPS) is 17.3. The molecule has 0 aliphatic carbocycles. The Kier molecular flexibility index (Phi) is 4.84. The van der Waals surface area contributed by atoms with Crippen molar-refractivity contribution in [3.05, 3.63) is 30.2 Å². The summed E-state index contributed by atoms with van der Waals surface area (Å²) in [7, 11) is 0. The summed E-state index contributed by atoms with van der Waals surface area (Å²) in [5.41, 5.74) is 0.860. The Bertz CT molecular complexity index is 744. The topological polar surface area (TPSA) is 88.3 Å². The molecule has 1 atom stereocenters. The number of carbonyl (C=O) groups excluding carboxylic acids is 2. The highest BCUT2D eigenvalue weighted by Gasteiger charge is 2.35. The predicted molar refractivity (Wildman–Crippen MR) is 91.2 cm³/mol. The van der Waals surface area contributed by atoms with Crippen molar-refractivity contribution in [3.8, 4) is 0 Å². The summed E-state index contributed by atoms with van der Waals surface area (Å²) >= 11 is 1.66. The largest absolute Gasteiger partial charge is 0.407 e. The van der Waals surface area contributed by atoms with E-state index in [0.717, 1.165) is 10.6 Å². The molecule has 1 aromatic carbocycles. The highest BCUT2D eigenvalue weighted by atomic mass is 32.2. The Morgan fingerprint density at radius 1 is 1.38 bits per heavy atom. The number of anilines is 2. The van der Waals surface area contributed by atoms with E-state index in [1.165, 1.54) is 0 Å². The molecule has 1 saturated heterocycles. The van der Waals surface area contributed by atoms with E-state index in [9.17, 15) is 9.59 Å². The SMILES string of the molecule is CCC(=O)Nc1nnc([C@H]2CC(=O)N(c3ccc(SC)cc3)C2)o1. The van der Waals surface area contributed by atoms with Gasteiger partial charge in [-0.05, 0) is 30.5 Å². The maximum absolute atomic E-state index is 12.3. The lowest BCUT2D eigenvalue weighted by Gasteiger charge is -2.16. The zero-order chi connectivity index (χ0) is 17.1. The number of rotatable bonds is 5. The molecule has 1 fully saturated rings. The van der Waals surface area contributed by atoms with Gasteiger partial charge in [0.15, 0.2) is 0 Å². The Morgan fingerprint density at radius 3 is 2.79 bits per heavy atom. The number of thioether (sulfide) groups is 1. The molecule has 1 aliphatic rings. The molecule has 1 N–H and O–H groups in total. The number of aromatic nitrogens is 2. The van der Waals surface area contributed by atoms with Crippen molar-refractivity contribution in [2.75, 3.05) is 23.0 Å². The Balaban J connectivity index is 1.71. The first kappa shape index (κ1) is 16.5. The average molecular weight is 346 g/mol. The van der Waals surface area contributed by atoms with E-state index in [-0.39, 0.29) is 23.7 Å². The van der Waals surface area contributed by atoms with Crippen LogP contribution in [0.2, 0.25) is 0 Å². The monoisotopic (exact) mass is 346 g/mol. The van der Waals surface area contributed by atoms with Crippen LogP contribution in [-0.2, 0) is 9.59 Å². The van der Waals surface area contributed by atoms with Gasteiger partial charge in [0.1, 0.15) is 0 Å². The van der Waals surface area contributed by atoms with E-state index in [2.05, 4.69) is 15.5 Å². The fourth-order valence-electron chi connectivity index (χ4n) is 2.54. The van der Waals surface area contributed by atoms with Gasteiger partial charge in [0.2, 0.25) is 17.7 Å². The summed E-state index contributed by atoms with van der Waals surface area (Å²) in [6, 6.07) is 7.93. The summed E-state index contributed by atoms with van der Waals surface area (Å²) in [5, 5.41) is 10.3. The molecule has 2 heterocycles. The fraction of sp³-hybridized carbons (Fsp3) is 0.375. The minimum Gasteiger partial charge on any atom is -0.407 e. The van der Waals surface area contributed by atoms with Crippen LogP contribution in [0, 0.1) is 0 Å². The van der Waals surface area contributed by atoms with Crippen molar-refractivity contribution in [3.63, 3.8) is 0 Å². The van der Waals surface area contributed by atoms with Gasteiger partial charge in [-0.1, -0.05) is 12.0 Å². The number of amides is 2. The first-order valence-corrected chi connectivity index (χ1v) is 8.91. The van der Waals surface area contributed by atoms with E-state index in [4.69, 9.17) is 4.42 Å². The molecule has 0 spiro atoms. The summed E-state index contributed by atoms with van der Waals surface area (Å²) in [6.45, 7) is 2.23. The van der Waals surface area contributed by atoms with Crippen molar-refractivity contribution in [1.82, 2.24) is 10.2 Å². The van der Waals surface area contributed by atoms with Crippen LogP contribution in [0.4, 0.5) is 11.7 Å². The van der Waals surface area contributed by atoms with Crippen molar-refractivity contribution >= 4 is 35.3 Å². The van der Waals surface area contributed by atoms with Gasteiger partial charge < -0.3 is 9.32 Å². The number of hydrogen-bond acceptors (Lipinski definition) is 6. The molecular formula is C16H18N4O3S. The van der Waals surface area contributed by atoms with E-state index in [1.807, 2.05) is 30.5 Å². The third kappa shape index (κ3) is 3.43. The average Bonchev–Trinajstić information content (AvgIpc) is 3.21. The number of benzene rings is 1. The maximum atomic E-state index is 12.3. The molecular weight excluding hydrogens is 328 g/mol. The molecule has 24 heavy (non-hydrogen) atoms. The van der Waals surface area contributed by atoms with Gasteiger partial charge in [-0.15, -0.1) is 16.9 Å². The van der Waals surface area contributed by atoms with E-state index < -0.39 is 0 Å². The van der Waals surface area contributed by atoms with Crippen LogP contribution in [0.3, 0.4) is 0 Å². The van der Waals surface area contributed by atoms with Gasteiger partial charge in [0, 0.05) is 30.0 Å². The lowest BCUT2D eigenvalue weighted by atomic mass is 10.1. The minimum absolute atomic E-state index is 0.0224. The second-order valence-corrected chi connectivity index (χ2v) is 6.33. The zero-order valence-corrected chi connectivity index (χ0v) is 14.3. The van der Waals surface area contributed by atoms with E-state index >= 15 is 0 Å². The fourth-order valence-corrected chi connectivity index (χ4v) is 2.95. The number of carbonyl (C=O) groups is 2. The molecule has 1 aromatic heterocycles. The lowest BCUT2D eigenvalue weighted by Crippen LogP contribution is -2.24. The molecule has 7 nitrogen and oxygen atoms in total. The van der Waals surface area contributed by atoms with Gasteiger partial charge in [0.05, 0.1) is 5.92 Å². The van der Waals surface area contributed by atoms with Gasteiger partial charge in [-0.2, -0.15) is 0 Å². The van der Waals surface area contributed by atoms with Crippen molar-refractivity contribution in [1.29, 1.82) is 0 Å². The molecule has 8 heteroatoms. The smallest absolute Gasteiger partial charge is 0.322 e. The number of nitrogens with one attached hydrogen (secondary N) is 1.